The number of nitrogens with zero attached hydrogens (tertiary/aromatic N) is 2. The highest BCUT2D eigenvalue weighted by molar-refractivity contribution is 7.26. The van der Waals surface area contributed by atoms with E-state index in [4.69, 9.17) is 13.3 Å². The predicted molar refractivity (Wildman–Crippen MR) is 308 cm³/mol. The van der Waals surface area contributed by atoms with E-state index in [9.17, 15) is 0 Å². The average molecular weight is 965 g/mol. The number of para-hydroxylation sites is 3. The molecule has 0 fully saturated rings. The first-order chi connectivity index (χ1) is 35.3. The maximum Gasteiger partial charge on any atom is 0.254 e. The number of hydrogen-bond donors (Lipinski definition) is 0. The Balaban J connectivity index is 1.08. The first-order valence-corrected chi connectivity index (χ1v) is 26.2. The van der Waals surface area contributed by atoms with Gasteiger partial charge >= 0.3 is 0 Å². The van der Waals surface area contributed by atoms with Gasteiger partial charge in [-0.3, -0.25) is 0 Å². The Labute approximate surface area is 430 Å². The molecule has 5 nitrogen and oxygen atoms in total. The number of thiophene rings is 1. The number of aryl methyl sites for hydroxylation is 2. The van der Waals surface area contributed by atoms with Gasteiger partial charge in [0.1, 0.15) is 22.5 Å². The summed E-state index contributed by atoms with van der Waals surface area (Å²) in [6.45, 7) is 18.5. The van der Waals surface area contributed by atoms with Crippen LogP contribution in [0.5, 0.6) is 0 Å². The minimum absolute atomic E-state index is 0.0451. The Morgan fingerprint density at radius 2 is 1.11 bits per heavy atom. The third-order valence-electron chi connectivity index (χ3n) is 15.5. The van der Waals surface area contributed by atoms with Crippen LogP contribution in [0.1, 0.15) is 63.8 Å². The normalized spacial score (nSPS) is 13.4. The molecular weight excluding hydrogens is 912 g/mol. The van der Waals surface area contributed by atoms with Crippen LogP contribution in [-0.2, 0) is 10.8 Å². The van der Waals surface area contributed by atoms with Crippen molar-refractivity contribution in [1.29, 1.82) is 0 Å². The van der Waals surface area contributed by atoms with Crippen molar-refractivity contribution >= 4 is 111 Å². The molecule has 0 atom stereocenters. The van der Waals surface area contributed by atoms with Crippen LogP contribution in [0.4, 0.5) is 33.4 Å². The molecule has 8 aromatic carbocycles. The molecule has 0 bridgehead atoms. The highest BCUT2D eigenvalue weighted by Gasteiger charge is 2.47. The maximum absolute atomic E-state index is 6.51. The van der Waals surface area contributed by atoms with Crippen LogP contribution in [0.3, 0.4) is 0 Å². The third-order valence-corrected chi connectivity index (χ3v) is 16.7. The van der Waals surface area contributed by atoms with Crippen molar-refractivity contribution in [3.8, 4) is 33.6 Å². The van der Waals surface area contributed by atoms with Gasteiger partial charge in [-0.2, -0.15) is 0 Å². The summed E-state index contributed by atoms with van der Waals surface area (Å²) >= 11 is 1.92. The topological polar surface area (TPSA) is 45.9 Å². The third kappa shape index (κ3) is 6.74. The fourth-order valence-corrected chi connectivity index (χ4v) is 13.1. The van der Waals surface area contributed by atoms with E-state index in [0.717, 1.165) is 77.9 Å². The molecule has 2 aliphatic rings. The van der Waals surface area contributed by atoms with E-state index in [1.807, 2.05) is 54.2 Å². The number of anilines is 6. The molecule has 0 amide bonds. The molecule has 12 aromatic rings. The summed E-state index contributed by atoms with van der Waals surface area (Å²) in [6.07, 6.45) is 3.83. The number of furan rings is 3. The number of hydrogen-bond acceptors (Lipinski definition) is 6. The van der Waals surface area contributed by atoms with Crippen molar-refractivity contribution in [2.75, 3.05) is 9.80 Å². The molecule has 0 aliphatic carbocycles. The van der Waals surface area contributed by atoms with Gasteiger partial charge in [-0.15, -0.1) is 11.3 Å². The zero-order valence-electron chi connectivity index (χ0n) is 42.3. The number of fused-ring (bicyclic) bond motifs is 9. The maximum atomic E-state index is 6.51. The van der Waals surface area contributed by atoms with Gasteiger partial charge in [0.2, 0.25) is 0 Å². The molecule has 0 N–H and O–H groups in total. The van der Waals surface area contributed by atoms with Crippen molar-refractivity contribution in [3.05, 3.63) is 199 Å². The molecule has 0 saturated carbocycles. The van der Waals surface area contributed by atoms with Crippen LogP contribution in [0.15, 0.2) is 190 Å². The molecule has 2 aliphatic heterocycles. The minimum atomic E-state index is -0.189. The van der Waals surface area contributed by atoms with Gasteiger partial charge in [-0.1, -0.05) is 133 Å². The molecule has 0 unspecified atom stereocenters. The van der Waals surface area contributed by atoms with E-state index >= 15 is 0 Å². The summed E-state index contributed by atoms with van der Waals surface area (Å²) < 4.78 is 20.2. The van der Waals surface area contributed by atoms with Crippen molar-refractivity contribution in [2.45, 2.75) is 66.2 Å². The fourth-order valence-electron chi connectivity index (χ4n) is 11.9. The Bertz CT molecular complexity index is 4190. The molecule has 0 radical (unpaired) electrons. The SMILES string of the molecule is Cc1cc(-c2cc3ccccc3o2)cc(C)c1N1c2cc(C(C)(C)C)cc3c2B(c2ccc(-c4coc5ccccc45)cc2N3c2cccc(-c3coc4ccccc34)c2)c2c1sc1ccc(C(C)(C)C)cc21. The molecule has 14 rings (SSSR count). The number of benzene rings is 8. The number of rotatable bonds is 5. The molecule has 0 saturated heterocycles. The second-order valence-electron chi connectivity index (χ2n) is 22.3. The summed E-state index contributed by atoms with van der Waals surface area (Å²) in [5.74, 6) is 0.878. The summed E-state index contributed by atoms with van der Waals surface area (Å²) in [7, 11) is 0. The summed E-state index contributed by atoms with van der Waals surface area (Å²) in [5, 5.41) is 5.87. The standard InChI is InChI=1S/C66H53BN2O3S/c1-38-28-43(59-32-42-16-9-12-21-56(42)72-59)29-39(2)63(38)69-55-35-45(66(6,7)8)34-54-62(55)67(61-49-33-44(65(3,4)5)25-27-60(49)73-64(61)69)52-26-24-41(51-37-71-58-23-14-11-20-48(51)58)31-53(52)68(54)46-18-15-17-40(30-46)50-36-70-57-22-13-10-19-47(50)57/h9-37H,1-8H3. The highest BCUT2D eigenvalue weighted by atomic mass is 32.1. The van der Waals surface area contributed by atoms with Gasteiger partial charge in [-0.25, -0.2) is 0 Å². The van der Waals surface area contributed by atoms with Crippen molar-refractivity contribution in [3.63, 3.8) is 0 Å². The van der Waals surface area contributed by atoms with Gasteiger partial charge in [0.15, 0.2) is 0 Å². The van der Waals surface area contributed by atoms with Crippen molar-refractivity contribution in [1.82, 2.24) is 0 Å². The van der Waals surface area contributed by atoms with E-state index in [-0.39, 0.29) is 17.5 Å². The predicted octanol–water partition coefficient (Wildman–Crippen LogP) is 17.4. The molecular formula is C66H53BN2O3S. The lowest BCUT2D eigenvalue weighted by molar-refractivity contribution is 0.590. The second kappa shape index (κ2) is 15.8. The smallest absolute Gasteiger partial charge is 0.254 e. The van der Waals surface area contributed by atoms with Gasteiger partial charge in [0.05, 0.1) is 23.2 Å². The molecule has 7 heteroatoms. The Morgan fingerprint density at radius 1 is 0.479 bits per heavy atom. The minimum Gasteiger partial charge on any atom is -0.464 e. The van der Waals surface area contributed by atoms with E-state index in [0.29, 0.717) is 0 Å². The zero-order chi connectivity index (χ0) is 49.7. The van der Waals surface area contributed by atoms with Gasteiger partial charge in [-0.05, 0) is 153 Å². The molecule has 0 spiro atoms. The zero-order valence-corrected chi connectivity index (χ0v) is 43.2. The van der Waals surface area contributed by atoms with Gasteiger partial charge in [0.25, 0.3) is 6.71 Å². The van der Waals surface area contributed by atoms with Crippen LogP contribution in [0, 0.1) is 13.8 Å². The quantitative estimate of drug-likeness (QED) is 0.161. The lowest BCUT2D eigenvalue weighted by atomic mass is 9.33. The Morgan fingerprint density at radius 3 is 1.78 bits per heavy atom. The molecule has 4 aromatic heterocycles. The van der Waals surface area contributed by atoms with Crippen molar-refractivity contribution in [2.24, 2.45) is 0 Å². The van der Waals surface area contributed by atoms with Crippen molar-refractivity contribution < 1.29 is 13.3 Å². The lowest BCUT2D eigenvalue weighted by Crippen LogP contribution is -2.61. The fraction of sp³-hybridized carbons (Fsp3) is 0.152. The van der Waals surface area contributed by atoms with E-state index in [2.05, 4.69) is 199 Å². The van der Waals surface area contributed by atoms with Crippen LogP contribution in [-0.4, -0.2) is 6.71 Å². The summed E-state index contributed by atoms with van der Waals surface area (Å²) in [6, 6.07) is 60.2. The van der Waals surface area contributed by atoms with Gasteiger partial charge in [0, 0.05) is 60.3 Å². The van der Waals surface area contributed by atoms with E-state index in [1.165, 1.54) is 70.8 Å². The first-order valence-electron chi connectivity index (χ1n) is 25.4. The largest absolute Gasteiger partial charge is 0.464 e. The monoisotopic (exact) mass is 964 g/mol. The highest BCUT2D eigenvalue weighted by Crippen LogP contribution is 2.52. The Kier molecular flexibility index (Phi) is 9.44. The van der Waals surface area contributed by atoms with Crippen LogP contribution >= 0.6 is 11.3 Å². The van der Waals surface area contributed by atoms with Gasteiger partial charge < -0.3 is 23.1 Å². The van der Waals surface area contributed by atoms with E-state index in [1.54, 1.807) is 0 Å². The summed E-state index contributed by atoms with van der Waals surface area (Å²) in [5.41, 5.74) is 22.6. The lowest BCUT2D eigenvalue weighted by Gasteiger charge is -2.45. The first kappa shape index (κ1) is 43.8. The van der Waals surface area contributed by atoms with Crippen LogP contribution < -0.4 is 26.2 Å². The Hall–Kier alpha value is -8.00. The molecule has 73 heavy (non-hydrogen) atoms. The molecule has 6 heterocycles. The molecule has 354 valence electrons. The van der Waals surface area contributed by atoms with Crippen LogP contribution in [0.2, 0.25) is 0 Å². The van der Waals surface area contributed by atoms with E-state index < -0.39 is 0 Å². The average Bonchev–Trinajstić information content (AvgIpc) is 4.20. The second-order valence-corrected chi connectivity index (χ2v) is 23.3. The van der Waals surface area contributed by atoms with Crippen LogP contribution in [0.25, 0.3) is 76.6 Å². The summed E-state index contributed by atoms with van der Waals surface area (Å²) in [4.78, 5) is 5.19.